The molecule has 4 rings (SSSR count). The Morgan fingerprint density at radius 3 is 2.65 bits per heavy atom. The summed E-state index contributed by atoms with van der Waals surface area (Å²) in [4.78, 5) is 12.3. The molecule has 6 nitrogen and oxygen atoms in total. The minimum Gasteiger partial charge on any atom is -0.485 e. The predicted molar refractivity (Wildman–Crippen MR) is 127 cm³/mol. The number of aromatic nitrogens is 3. The number of ether oxygens (including phenoxy) is 1. The number of carbonyl (C=O) groups is 1. The van der Waals surface area contributed by atoms with Crippen LogP contribution in [0.1, 0.15) is 12.7 Å². The van der Waals surface area contributed by atoms with Gasteiger partial charge in [0.25, 0.3) is 0 Å². The molecule has 1 heterocycles. The van der Waals surface area contributed by atoms with E-state index in [1.807, 2.05) is 66.1 Å². The molecule has 3 aromatic carbocycles. The van der Waals surface area contributed by atoms with Crippen LogP contribution in [0.2, 0.25) is 0 Å². The summed E-state index contributed by atoms with van der Waals surface area (Å²) in [7, 11) is 0. The first-order valence-corrected chi connectivity index (χ1v) is 11.6. The highest BCUT2D eigenvalue weighted by Gasteiger charge is 2.14. The normalized spacial score (nSPS) is 10.9. The molecule has 0 unspecified atom stereocenters. The molecular weight excluding hydrogens is 476 g/mol. The van der Waals surface area contributed by atoms with Gasteiger partial charge >= 0.3 is 0 Å². The molecule has 0 fully saturated rings. The smallest absolute Gasteiger partial charge is 0.234 e. The second kappa shape index (κ2) is 9.98. The van der Waals surface area contributed by atoms with E-state index in [1.54, 1.807) is 0 Å². The van der Waals surface area contributed by atoms with Crippen molar-refractivity contribution in [2.75, 3.05) is 11.1 Å². The van der Waals surface area contributed by atoms with E-state index in [9.17, 15) is 4.79 Å². The summed E-state index contributed by atoms with van der Waals surface area (Å²) in [6, 6.07) is 21.6. The maximum absolute atomic E-state index is 12.3. The molecule has 158 valence electrons. The van der Waals surface area contributed by atoms with Crippen LogP contribution < -0.4 is 10.1 Å². The van der Waals surface area contributed by atoms with Gasteiger partial charge in [-0.05, 0) is 42.6 Å². The number of thioether (sulfide) groups is 1. The molecule has 0 aliphatic heterocycles. The fourth-order valence-electron chi connectivity index (χ4n) is 3.17. The lowest BCUT2D eigenvalue weighted by molar-refractivity contribution is -0.113. The van der Waals surface area contributed by atoms with Gasteiger partial charge in [-0.2, -0.15) is 0 Å². The molecule has 0 bridgehead atoms. The van der Waals surface area contributed by atoms with Crippen molar-refractivity contribution in [1.82, 2.24) is 14.8 Å². The van der Waals surface area contributed by atoms with Crippen LogP contribution in [-0.4, -0.2) is 26.4 Å². The lowest BCUT2D eigenvalue weighted by Gasteiger charge is -2.11. The molecule has 0 radical (unpaired) electrons. The van der Waals surface area contributed by atoms with E-state index in [2.05, 4.69) is 43.6 Å². The summed E-state index contributed by atoms with van der Waals surface area (Å²) >= 11 is 4.75. The van der Waals surface area contributed by atoms with E-state index in [4.69, 9.17) is 4.74 Å². The standard InChI is InChI=1S/C23H21BrN4O2S/c1-2-28-21(14-30-20-9-5-7-16-6-3-4-8-19(16)20)26-27-23(28)31-15-22(29)25-18-12-10-17(24)11-13-18/h3-13H,2,14-15H2,1H3,(H,25,29). The molecule has 4 aromatic rings. The maximum Gasteiger partial charge on any atom is 0.234 e. The van der Waals surface area contributed by atoms with Crippen LogP contribution in [0.5, 0.6) is 5.75 Å². The quantitative estimate of drug-likeness (QED) is 0.325. The summed E-state index contributed by atoms with van der Waals surface area (Å²) in [6.45, 7) is 3.02. The van der Waals surface area contributed by atoms with Crippen molar-refractivity contribution in [2.45, 2.75) is 25.2 Å². The third-order valence-electron chi connectivity index (χ3n) is 4.68. The van der Waals surface area contributed by atoms with Crippen molar-refractivity contribution in [3.63, 3.8) is 0 Å². The summed E-state index contributed by atoms with van der Waals surface area (Å²) < 4.78 is 9.00. The molecule has 0 aliphatic rings. The Kier molecular flexibility index (Phi) is 6.89. The molecule has 1 aromatic heterocycles. The molecule has 0 aliphatic carbocycles. The molecule has 1 N–H and O–H groups in total. The van der Waals surface area contributed by atoms with E-state index >= 15 is 0 Å². The molecule has 0 saturated heterocycles. The van der Waals surface area contributed by atoms with Crippen LogP contribution in [0.3, 0.4) is 0 Å². The van der Waals surface area contributed by atoms with Crippen molar-refractivity contribution in [2.24, 2.45) is 0 Å². The van der Waals surface area contributed by atoms with Crippen molar-refractivity contribution in [3.05, 3.63) is 77.0 Å². The topological polar surface area (TPSA) is 69.0 Å². The number of hydrogen-bond donors (Lipinski definition) is 1. The Morgan fingerprint density at radius 1 is 1.06 bits per heavy atom. The maximum atomic E-state index is 12.3. The van der Waals surface area contributed by atoms with Crippen molar-refractivity contribution < 1.29 is 9.53 Å². The van der Waals surface area contributed by atoms with E-state index in [-0.39, 0.29) is 11.7 Å². The first-order chi connectivity index (χ1) is 15.1. The molecule has 0 saturated carbocycles. The van der Waals surface area contributed by atoms with Crippen LogP contribution in [0.15, 0.2) is 76.4 Å². The molecule has 0 atom stereocenters. The monoisotopic (exact) mass is 496 g/mol. The molecular formula is C23H21BrN4O2S. The van der Waals surface area contributed by atoms with Crippen LogP contribution in [-0.2, 0) is 17.9 Å². The van der Waals surface area contributed by atoms with E-state index in [0.717, 1.165) is 32.5 Å². The van der Waals surface area contributed by atoms with Crippen molar-refractivity contribution in [3.8, 4) is 5.75 Å². The van der Waals surface area contributed by atoms with Gasteiger partial charge in [-0.25, -0.2) is 0 Å². The predicted octanol–water partition coefficient (Wildman–Crippen LogP) is 5.52. The molecule has 8 heteroatoms. The SMILES string of the molecule is CCn1c(COc2cccc3ccccc23)nnc1SCC(=O)Nc1ccc(Br)cc1. The summed E-state index contributed by atoms with van der Waals surface area (Å²) in [5.41, 5.74) is 0.759. The first-order valence-electron chi connectivity index (χ1n) is 9.85. The second-order valence-electron chi connectivity index (χ2n) is 6.75. The Bertz CT molecular complexity index is 1190. The highest BCUT2D eigenvalue weighted by molar-refractivity contribution is 9.10. The zero-order valence-corrected chi connectivity index (χ0v) is 19.3. The minimum atomic E-state index is -0.0912. The van der Waals surface area contributed by atoms with Crippen LogP contribution in [0, 0.1) is 0 Å². The van der Waals surface area contributed by atoms with Gasteiger partial charge in [0.2, 0.25) is 5.91 Å². The number of rotatable bonds is 8. The van der Waals surface area contributed by atoms with Gasteiger partial charge in [-0.3, -0.25) is 4.79 Å². The molecule has 31 heavy (non-hydrogen) atoms. The van der Waals surface area contributed by atoms with Gasteiger partial charge in [0.1, 0.15) is 12.4 Å². The average Bonchev–Trinajstić information content (AvgIpc) is 3.19. The zero-order chi connectivity index (χ0) is 21.6. The number of nitrogens with zero attached hydrogens (tertiary/aromatic N) is 3. The summed E-state index contributed by atoms with van der Waals surface area (Å²) in [5.74, 6) is 1.70. The number of benzene rings is 3. The average molecular weight is 497 g/mol. The number of nitrogens with one attached hydrogen (secondary N) is 1. The van der Waals surface area contributed by atoms with Crippen LogP contribution >= 0.6 is 27.7 Å². The Balaban J connectivity index is 1.39. The first kappa shape index (κ1) is 21.4. The van der Waals surface area contributed by atoms with E-state index < -0.39 is 0 Å². The number of anilines is 1. The van der Waals surface area contributed by atoms with Crippen LogP contribution in [0.4, 0.5) is 5.69 Å². The van der Waals surface area contributed by atoms with Crippen molar-refractivity contribution in [1.29, 1.82) is 0 Å². The summed E-state index contributed by atoms with van der Waals surface area (Å²) in [6.07, 6.45) is 0. The number of hydrogen-bond acceptors (Lipinski definition) is 5. The number of carbonyl (C=O) groups excluding carboxylic acids is 1. The van der Waals surface area contributed by atoms with E-state index in [0.29, 0.717) is 18.3 Å². The second-order valence-corrected chi connectivity index (χ2v) is 8.61. The fourth-order valence-corrected chi connectivity index (χ4v) is 4.26. The molecule has 1 amide bonds. The minimum absolute atomic E-state index is 0.0912. The zero-order valence-electron chi connectivity index (χ0n) is 16.9. The lowest BCUT2D eigenvalue weighted by atomic mass is 10.1. The Hall–Kier alpha value is -2.84. The summed E-state index contributed by atoms with van der Waals surface area (Å²) in [5, 5.41) is 14.3. The highest BCUT2D eigenvalue weighted by Crippen LogP contribution is 2.26. The van der Waals surface area contributed by atoms with Gasteiger partial charge in [0, 0.05) is 22.1 Å². The number of halogens is 1. The largest absolute Gasteiger partial charge is 0.485 e. The third kappa shape index (κ3) is 5.26. The third-order valence-corrected chi connectivity index (χ3v) is 6.17. The van der Waals surface area contributed by atoms with Crippen LogP contribution in [0.25, 0.3) is 10.8 Å². The van der Waals surface area contributed by atoms with Gasteiger partial charge in [-0.15, -0.1) is 10.2 Å². The number of amides is 1. The Labute approximate surface area is 193 Å². The van der Waals surface area contributed by atoms with Gasteiger partial charge in [-0.1, -0.05) is 64.1 Å². The van der Waals surface area contributed by atoms with Gasteiger partial charge < -0.3 is 14.6 Å². The number of fused-ring (bicyclic) bond motifs is 1. The molecule has 0 spiro atoms. The lowest BCUT2D eigenvalue weighted by Crippen LogP contribution is -2.14. The highest BCUT2D eigenvalue weighted by atomic mass is 79.9. The van der Waals surface area contributed by atoms with Gasteiger partial charge in [0.05, 0.1) is 5.75 Å². The Morgan fingerprint density at radius 2 is 1.84 bits per heavy atom. The van der Waals surface area contributed by atoms with Gasteiger partial charge in [0.15, 0.2) is 11.0 Å². The fraction of sp³-hybridized carbons (Fsp3) is 0.174. The van der Waals surface area contributed by atoms with E-state index in [1.165, 1.54) is 11.8 Å². The van der Waals surface area contributed by atoms with Crippen molar-refractivity contribution >= 4 is 50.1 Å².